The van der Waals surface area contributed by atoms with Gasteiger partial charge in [0.1, 0.15) is 0 Å². The maximum absolute atomic E-state index is 14.1. The molecular formula is C36H33NO2S. The van der Waals surface area contributed by atoms with Crippen molar-refractivity contribution in [2.45, 2.75) is 53.4 Å². The molecule has 0 radical (unpaired) electrons. The third kappa shape index (κ3) is 3.42. The molecule has 1 fully saturated rings. The van der Waals surface area contributed by atoms with Gasteiger partial charge in [-0.2, -0.15) is 0 Å². The van der Waals surface area contributed by atoms with E-state index in [9.17, 15) is 9.59 Å². The molecule has 0 N–H and O–H groups in total. The average molecular weight is 544 g/mol. The van der Waals surface area contributed by atoms with Crippen molar-refractivity contribution in [1.82, 2.24) is 0 Å². The SMILES string of the molecule is Cc1cc(C)c(-c2sc(-c3c(C)cc(C)cc3C)c3c2[C@H]2C=C[C@@H]3[C@H]3C(=O)N(c4ccccc4)C(=O)[C@H]32)c(C)c1. The summed E-state index contributed by atoms with van der Waals surface area (Å²) in [5.74, 6) is -1.12. The van der Waals surface area contributed by atoms with Gasteiger partial charge in [0.15, 0.2) is 0 Å². The molecule has 3 aliphatic carbocycles. The van der Waals surface area contributed by atoms with Crippen LogP contribution in [-0.2, 0) is 9.59 Å². The van der Waals surface area contributed by atoms with Crippen LogP contribution in [0.1, 0.15) is 56.3 Å². The van der Waals surface area contributed by atoms with Gasteiger partial charge in [-0.3, -0.25) is 9.59 Å². The van der Waals surface area contributed by atoms with Crippen molar-refractivity contribution in [3.63, 3.8) is 0 Å². The van der Waals surface area contributed by atoms with Crippen LogP contribution >= 0.6 is 11.3 Å². The van der Waals surface area contributed by atoms with Gasteiger partial charge in [-0.15, -0.1) is 11.3 Å². The fourth-order valence-electron chi connectivity index (χ4n) is 7.90. The van der Waals surface area contributed by atoms with Crippen LogP contribution in [0.5, 0.6) is 0 Å². The van der Waals surface area contributed by atoms with Gasteiger partial charge in [0, 0.05) is 21.6 Å². The number of hydrogen-bond acceptors (Lipinski definition) is 3. The number of aryl methyl sites for hydroxylation is 6. The molecule has 4 aromatic rings. The minimum Gasteiger partial charge on any atom is -0.274 e. The molecule has 1 aliphatic heterocycles. The second kappa shape index (κ2) is 8.87. The number of imide groups is 1. The Labute approximate surface area is 240 Å². The molecule has 1 aromatic heterocycles. The van der Waals surface area contributed by atoms with Gasteiger partial charge in [-0.05, 0) is 98.2 Å². The number of carbonyl (C=O) groups excluding carboxylic acids is 2. The van der Waals surface area contributed by atoms with Crippen LogP contribution in [-0.4, -0.2) is 11.8 Å². The van der Waals surface area contributed by atoms with Gasteiger partial charge in [-0.1, -0.05) is 65.7 Å². The Kier molecular flexibility index (Phi) is 5.59. The van der Waals surface area contributed by atoms with E-state index in [-0.39, 0.29) is 35.5 Å². The van der Waals surface area contributed by atoms with E-state index in [1.54, 1.807) is 0 Å². The van der Waals surface area contributed by atoms with Crippen LogP contribution in [0.25, 0.3) is 20.9 Å². The lowest BCUT2D eigenvalue weighted by Gasteiger charge is -2.40. The predicted molar refractivity (Wildman–Crippen MR) is 164 cm³/mol. The van der Waals surface area contributed by atoms with E-state index in [0.29, 0.717) is 5.69 Å². The molecule has 0 unspecified atom stereocenters. The molecule has 3 nitrogen and oxygen atoms in total. The number of rotatable bonds is 3. The van der Waals surface area contributed by atoms with Gasteiger partial charge >= 0.3 is 0 Å². The first-order valence-electron chi connectivity index (χ1n) is 14.1. The second-order valence-corrected chi connectivity index (χ2v) is 13.0. The highest BCUT2D eigenvalue weighted by atomic mass is 32.1. The van der Waals surface area contributed by atoms with Crippen LogP contribution in [0, 0.1) is 53.4 Å². The standard InChI is InChI=1S/C36H33NO2S/c1-18-14-20(3)27(21(4)15-18)33-29-25-12-13-26(30(29)34(40-33)28-22(5)16-19(2)17-23(28)6)32-31(25)35(38)37(36(32)39)24-10-8-7-9-11-24/h7-17,25-26,31-32H,1-6H3/t25-,26+,31+,32-. The highest BCUT2D eigenvalue weighted by Crippen LogP contribution is 2.63. The molecule has 4 heteroatoms. The number of carbonyl (C=O) groups is 2. The van der Waals surface area contributed by atoms with Crippen molar-refractivity contribution in [3.05, 3.63) is 111 Å². The Morgan fingerprint density at radius 2 is 1.00 bits per heavy atom. The fourth-order valence-corrected chi connectivity index (χ4v) is 9.66. The summed E-state index contributed by atoms with van der Waals surface area (Å²) in [6.07, 6.45) is 4.45. The van der Waals surface area contributed by atoms with Crippen molar-refractivity contribution in [2.75, 3.05) is 4.90 Å². The minimum atomic E-state index is -0.373. The minimum absolute atomic E-state index is 0.0649. The third-order valence-electron chi connectivity index (χ3n) is 9.17. The largest absolute Gasteiger partial charge is 0.274 e. The van der Waals surface area contributed by atoms with Gasteiger partial charge in [0.25, 0.3) is 0 Å². The van der Waals surface area contributed by atoms with Gasteiger partial charge in [0.2, 0.25) is 11.8 Å². The second-order valence-electron chi connectivity index (χ2n) is 12.0. The van der Waals surface area contributed by atoms with Crippen molar-refractivity contribution in [3.8, 4) is 20.9 Å². The van der Waals surface area contributed by atoms with Crippen molar-refractivity contribution < 1.29 is 9.59 Å². The molecule has 2 bridgehead atoms. The number of para-hydroxylation sites is 1. The zero-order valence-electron chi connectivity index (χ0n) is 23.8. The number of hydrogen-bond donors (Lipinski definition) is 0. The monoisotopic (exact) mass is 543 g/mol. The number of amides is 2. The lowest BCUT2D eigenvalue weighted by atomic mass is 9.60. The number of nitrogens with zero attached hydrogens (tertiary/aromatic N) is 1. The van der Waals surface area contributed by atoms with Crippen LogP contribution in [0.4, 0.5) is 5.69 Å². The van der Waals surface area contributed by atoms with E-state index in [0.717, 1.165) is 0 Å². The first-order chi connectivity index (χ1) is 19.2. The Bertz CT molecular complexity index is 1620. The molecule has 0 spiro atoms. The van der Waals surface area contributed by atoms with E-state index in [4.69, 9.17) is 0 Å². The zero-order chi connectivity index (χ0) is 28.0. The maximum Gasteiger partial charge on any atom is 0.238 e. The summed E-state index contributed by atoms with van der Waals surface area (Å²) in [7, 11) is 0. The predicted octanol–water partition coefficient (Wildman–Crippen LogP) is 8.49. The molecule has 2 amide bonds. The third-order valence-corrected chi connectivity index (χ3v) is 10.4. The van der Waals surface area contributed by atoms with Crippen molar-refractivity contribution in [1.29, 1.82) is 0 Å². The molecule has 0 saturated carbocycles. The Morgan fingerprint density at radius 1 is 0.600 bits per heavy atom. The van der Waals surface area contributed by atoms with Crippen molar-refractivity contribution in [2.24, 2.45) is 11.8 Å². The number of allylic oxidation sites excluding steroid dienone is 2. The Morgan fingerprint density at radius 3 is 1.40 bits per heavy atom. The van der Waals surface area contributed by atoms with E-state index < -0.39 is 0 Å². The Balaban J connectivity index is 1.50. The molecule has 4 atom stereocenters. The number of anilines is 1. The normalized spacial score (nSPS) is 22.7. The summed E-state index contributed by atoms with van der Waals surface area (Å²) in [6, 6.07) is 18.5. The molecule has 2 heterocycles. The average Bonchev–Trinajstić information content (AvgIpc) is 3.41. The van der Waals surface area contributed by atoms with Gasteiger partial charge in [0.05, 0.1) is 17.5 Å². The van der Waals surface area contributed by atoms with Gasteiger partial charge < -0.3 is 0 Å². The molecular weight excluding hydrogens is 510 g/mol. The quantitative estimate of drug-likeness (QED) is 0.192. The fraction of sp³-hybridized carbons (Fsp3) is 0.278. The molecule has 8 rings (SSSR count). The summed E-state index contributed by atoms with van der Waals surface area (Å²) in [4.78, 5) is 32.1. The highest BCUT2D eigenvalue weighted by molar-refractivity contribution is 7.19. The molecule has 40 heavy (non-hydrogen) atoms. The van der Waals surface area contributed by atoms with Crippen LogP contribution in [0.2, 0.25) is 0 Å². The Hall–Kier alpha value is -3.76. The smallest absolute Gasteiger partial charge is 0.238 e. The lowest BCUT2D eigenvalue weighted by Crippen LogP contribution is -2.37. The molecule has 200 valence electrons. The summed E-state index contributed by atoms with van der Waals surface area (Å²) in [5, 5.41) is 0. The lowest BCUT2D eigenvalue weighted by molar-refractivity contribution is -0.122. The number of thiophene rings is 1. The van der Waals surface area contributed by atoms with E-state index >= 15 is 0 Å². The first kappa shape index (κ1) is 25.2. The van der Waals surface area contributed by atoms with Crippen LogP contribution < -0.4 is 4.90 Å². The topological polar surface area (TPSA) is 37.4 Å². The van der Waals surface area contributed by atoms with Crippen molar-refractivity contribution >= 4 is 28.8 Å². The van der Waals surface area contributed by atoms with Crippen LogP contribution in [0.15, 0.2) is 66.7 Å². The number of benzene rings is 3. The summed E-state index contributed by atoms with van der Waals surface area (Å²) < 4.78 is 0. The summed E-state index contributed by atoms with van der Waals surface area (Å²) >= 11 is 1.86. The maximum atomic E-state index is 14.1. The molecule has 1 saturated heterocycles. The summed E-state index contributed by atoms with van der Waals surface area (Å²) in [6.45, 7) is 13.1. The summed E-state index contributed by atoms with van der Waals surface area (Å²) in [5.41, 5.74) is 13.3. The van der Waals surface area contributed by atoms with E-state index in [1.807, 2.05) is 41.7 Å². The zero-order valence-corrected chi connectivity index (χ0v) is 24.6. The van der Waals surface area contributed by atoms with E-state index in [2.05, 4.69) is 78.0 Å². The molecule has 4 aliphatic rings. The molecule has 3 aromatic carbocycles. The highest BCUT2D eigenvalue weighted by Gasteiger charge is 2.60. The van der Waals surface area contributed by atoms with Gasteiger partial charge in [-0.25, -0.2) is 4.90 Å². The van der Waals surface area contributed by atoms with E-state index in [1.165, 1.54) is 70.3 Å². The van der Waals surface area contributed by atoms with Crippen LogP contribution in [0.3, 0.4) is 0 Å². The first-order valence-corrected chi connectivity index (χ1v) is 14.9.